The van der Waals surface area contributed by atoms with Gasteiger partial charge in [0, 0.05) is 16.7 Å². The number of aliphatic hydroxyl groups excluding tert-OH is 1. The summed E-state index contributed by atoms with van der Waals surface area (Å²) in [7, 11) is 0. The van der Waals surface area contributed by atoms with Crippen molar-refractivity contribution in [2.45, 2.75) is 39.0 Å². The molecule has 1 aromatic carbocycles. The number of halogens is 1. The molecule has 2 N–H and O–H groups in total. The molecule has 3 atom stereocenters. The second-order valence-electron chi connectivity index (χ2n) is 6.44. The van der Waals surface area contributed by atoms with E-state index in [1.54, 1.807) is 22.9 Å². The van der Waals surface area contributed by atoms with E-state index < -0.39 is 6.10 Å². The Labute approximate surface area is 151 Å². The minimum absolute atomic E-state index is 0.0715. The third-order valence-electron chi connectivity index (χ3n) is 4.34. The van der Waals surface area contributed by atoms with Crippen LogP contribution in [0.1, 0.15) is 20.3 Å². The van der Waals surface area contributed by atoms with Gasteiger partial charge < -0.3 is 15.2 Å². The number of aliphatic hydroxyl groups is 1. The van der Waals surface area contributed by atoms with Gasteiger partial charge in [-0.2, -0.15) is 5.10 Å². The van der Waals surface area contributed by atoms with Crippen LogP contribution < -0.4 is 5.32 Å². The zero-order chi connectivity index (χ0) is 18.0. The number of hydrogen-bond acceptors (Lipinski definition) is 4. The Kier molecular flexibility index (Phi) is 5.42. The van der Waals surface area contributed by atoms with Crippen LogP contribution in [0.3, 0.4) is 0 Å². The second-order valence-corrected chi connectivity index (χ2v) is 6.87. The van der Waals surface area contributed by atoms with E-state index in [4.69, 9.17) is 16.3 Å². The number of rotatable bonds is 5. The molecule has 1 fully saturated rings. The van der Waals surface area contributed by atoms with Gasteiger partial charge in [0.05, 0.1) is 24.9 Å². The van der Waals surface area contributed by atoms with Gasteiger partial charge >= 0.3 is 0 Å². The zero-order valence-corrected chi connectivity index (χ0v) is 15.0. The third kappa shape index (κ3) is 4.03. The number of nitrogens with one attached hydrogen (secondary N) is 1. The molecule has 0 bridgehead atoms. The smallest absolute Gasteiger partial charge is 0.254 e. The van der Waals surface area contributed by atoms with E-state index in [2.05, 4.69) is 10.4 Å². The highest BCUT2D eigenvalue weighted by Gasteiger charge is 2.35. The van der Waals surface area contributed by atoms with Crippen LogP contribution in [0.2, 0.25) is 5.02 Å². The second kappa shape index (κ2) is 7.56. The van der Waals surface area contributed by atoms with Crippen molar-refractivity contribution in [2.75, 3.05) is 11.9 Å². The highest BCUT2D eigenvalue weighted by atomic mass is 35.5. The number of carbonyl (C=O) groups excluding carboxylic acids is 1. The van der Waals surface area contributed by atoms with Crippen molar-refractivity contribution >= 4 is 23.3 Å². The van der Waals surface area contributed by atoms with E-state index in [9.17, 15) is 9.90 Å². The van der Waals surface area contributed by atoms with E-state index in [1.165, 1.54) is 0 Å². The first-order valence-corrected chi connectivity index (χ1v) is 8.76. The summed E-state index contributed by atoms with van der Waals surface area (Å²) >= 11 is 5.92. The Balaban J connectivity index is 1.82. The molecule has 1 aliphatic heterocycles. The molecule has 1 saturated heterocycles. The SMILES string of the molecule is CC1CC(C)C(C(=O)Nc2cc(-c3ccc(Cl)cc3)nn2CCO)O1. The lowest BCUT2D eigenvalue weighted by atomic mass is 10.0. The molecule has 2 aromatic rings. The topological polar surface area (TPSA) is 76.4 Å². The Bertz CT molecular complexity index is 745. The predicted molar refractivity (Wildman–Crippen MR) is 96.5 cm³/mol. The molecule has 1 amide bonds. The highest BCUT2D eigenvalue weighted by molar-refractivity contribution is 6.30. The minimum Gasteiger partial charge on any atom is -0.394 e. The quantitative estimate of drug-likeness (QED) is 0.856. The first-order chi connectivity index (χ1) is 12.0. The predicted octanol–water partition coefficient (Wildman–Crippen LogP) is 2.95. The minimum atomic E-state index is -0.466. The fraction of sp³-hybridized carbons (Fsp3) is 0.444. The van der Waals surface area contributed by atoms with Crippen LogP contribution in [-0.2, 0) is 16.1 Å². The average molecular weight is 364 g/mol. The fourth-order valence-corrected chi connectivity index (χ4v) is 3.27. The Morgan fingerprint density at radius 3 is 2.72 bits per heavy atom. The number of amides is 1. The van der Waals surface area contributed by atoms with Gasteiger partial charge in [-0.1, -0.05) is 30.7 Å². The van der Waals surface area contributed by atoms with Gasteiger partial charge in [-0.15, -0.1) is 0 Å². The van der Waals surface area contributed by atoms with Gasteiger partial charge in [0.25, 0.3) is 5.91 Å². The Morgan fingerprint density at radius 2 is 2.12 bits per heavy atom. The molecule has 0 aliphatic carbocycles. The van der Waals surface area contributed by atoms with Crippen molar-refractivity contribution in [3.63, 3.8) is 0 Å². The summed E-state index contributed by atoms with van der Waals surface area (Å²) in [4.78, 5) is 12.6. The Hall–Kier alpha value is -1.89. The molecule has 1 aliphatic rings. The highest BCUT2D eigenvalue weighted by Crippen LogP contribution is 2.28. The van der Waals surface area contributed by atoms with Crippen LogP contribution in [0.15, 0.2) is 30.3 Å². The number of benzene rings is 1. The molecule has 0 spiro atoms. The lowest BCUT2D eigenvalue weighted by molar-refractivity contribution is -0.127. The maximum atomic E-state index is 12.6. The lowest BCUT2D eigenvalue weighted by Crippen LogP contribution is -2.32. The zero-order valence-electron chi connectivity index (χ0n) is 14.3. The first-order valence-electron chi connectivity index (χ1n) is 8.39. The molecule has 1 aromatic heterocycles. The van der Waals surface area contributed by atoms with Crippen molar-refractivity contribution in [2.24, 2.45) is 5.92 Å². The maximum Gasteiger partial charge on any atom is 0.254 e. The van der Waals surface area contributed by atoms with Crippen LogP contribution in [-0.4, -0.2) is 39.6 Å². The van der Waals surface area contributed by atoms with Crippen molar-refractivity contribution in [3.05, 3.63) is 35.4 Å². The molecule has 7 heteroatoms. The van der Waals surface area contributed by atoms with Crippen molar-refractivity contribution in [1.82, 2.24) is 9.78 Å². The van der Waals surface area contributed by atoms with Crippen LogP contribution >= 0.6 is 11.6 Å². The molecule has 2 heterocycles. The van der Waals surface area contributed by atoms with Crippen LogP contribution in [0.5, 0.6) is 0 Å². The number of carbonyl (C=O) groups is 1. The molecule has 25 heavy (non-hydrogen) atoms. The monoisotopic (exact) mass is 363 g/mol. The lowest BCUT2D eigenvalue weighted by Gasteiger charge is -2.15. The van der Waals surface area contributed by atoms with E-state index in [0.29, 0.717) is 23.1 Å². The largest absolute Gasteiger partial charge is 0.394 e. The van der Waals surface area contributed by atoms with Gasteiger partial charge in [0.2, 0.25) is 0 Å². The Morgan fingerprint density at radius 1 is 1.40 bits per heavy atom. The fourth-order valence-electron chi connectivity index (χ4n) is 3.15. The number of hydrogen-bond donors (Lipinski definition) is 2. The third-order valence-corrected chi connectivity index (χ3v) is 4.59. The van der Waals surface area contributed by atoms with Gasteiger partial charge in [-0.3, -0.25) is 4.79 Å². The normalized spacial score (nSPS) is 23.0. The van der Waals surface area contributed by atoms with Crippen molar-refractivity contribution in [1.29, 1.82) is 0 Å². The van der Waals surface area contributed by atoms with Gasteiger partial charge in [0.1, 0.15) is 11.9 Å². The molecule has 6 nitrogen and oxygen atoms in total. The summed E-state index contributed by atoms with van der Waals surface area (Å²) in [6, 6.07) is 9.10. The molecule has 0 saturated carbocycles. The molecular formula is C18H22ClN3O3. The maximum absolute atomic E-state index is 12.6. The van der Waals surface area contributed by atoms with Gasteiger partial charge in [-0.05, 0) is 31.4 Å². The number of ether oxygens (including phenoxy) is 1. The van der Waals surface area contributed by atoms with E-state index in [1.807, 2.05) is 26.0 Å². The van der Waals surface area contributed by atoms with E-state index in [-0.39, 0.29) is 24.5 Å². The van der Waals surface area contributed by atoms with Crippen LogP contribution in [0.4, 0.5) is 5.82 Å². The molecule has 3 rings (SSSR count). The summed E-state index contributed by atoms with van der Waals surface area (Å²) < 4.78 is 7.29. The summed E-state index contributed by atoms with van der Waals surface area (Å²) in [6.45, 7) is 4.20. The molecule has 0 radical (unpaired) electrons. The van der Waals surface area contributed by atoms with Crippen LogP contribution in [0.25, 0.3) is 11.3 Å². The number of nitrogens with zero attached hydrogens (tertiary/aromatic N) is 2. The first kappa shape index (κ1) is 17.9. The summed E-state index contributed by atoms with van der Waals surface area (Å²) in [5.41, 5.74) is 1.59. The van der Waals surface area contributed by atoms with Crippen molar-refractivity contribution in [3.8, 4) is 11.3 Å². The summed E-state index contributed by atoms with van der Waals surface area (Å²) in [6.07, 6.45) is 0.480. The standard InChI is InChI=1S/C18H22ClN3O3/c1-11-9-12(2)25-17(11)18(24)20-16-10-15(21-22(16)7-8-23)13-3-5-14(19)6-4-13/h3-6,10-12,17,23H,7-9H2,1-2H3,(H,20,24). The number of anilines is 1. The molecular weight excluding hydrogens is 342 g/mol. The van der Waals surface area contributed by atoms with Crippen LogP contribution in [0, 0.1) is 5.92 Å². The van der Waals surface area contributed by atoms with Gasteiger partial charge in [-0.25, -0.2) is 4.68 Å². The molecule has 3 unspecified atom stereocenters. The number of aromatic nitrogens is 2. The average Bonchev–Trinajstić information content (AvgIpc) is 3.11. The van der Waals surface area contributed by atoms with E-state index >= 15 is 0 Å². The molecule has 134 valence electrons. The van der Waals surface area contributed by atoms with E-state index in [0.717, 1.165) is 12.0 Å². The summed E-state index contributed by atoms with van der Waals surface area (Å²) in [5.74, 6) is 0.526. The van der Waals surface area contributed by atoms with Crippen molar-refractivity contribution < 1.29 is 14.6 Å². The summed E-state index contributed by atoms with van der Waals surface area (Å²) in [5, 5.41) is 17.3. The van der Waals surface area contributed by atoms with Gasteiger partial charge in [0.15, 0.2) is 0 Å².